The molecule has 3 rings (SSSR count). The zero-order valence-corrected chi connectivity index (χ0v) is 17.0. The van der Waals surface area contributed by atoms with E-state index in [1.165, 1.54) is 11.8 Å². The molecule has 0 aliphatic carbocycles. The lowest BCUT2D eigenvalue weighted by Crippen LogP contribution is -2.14. The number of ether oxygens (including phenoxy) is 1. The second-order valence-electron chi connectivity index (χ2n) is 5.71. The molecular weight excluding hydrogens is 405 g/mol. The minimum absolute atomic E-state index is 0.160. The van der Waals surface area contributed by atoms with Gasteiger partial charge in [0.15, 0.2) is 5.16 Å². The second kappa shape index (κ2) is 8.69. The number of aromatic nitrogens is 2. The summed E-state index contributed by atoms with van der Waals surface area (Å²) >= 11 is 13.2. The van der Waals surface area contributed by atoms with Gasteiger partial charge in [-0.25, -0.2) is 4.98 Å². The fraction of sp³-hybridized carbons (Fsp3) is 0.158. The number of nitrogens with one attached hydrogen (secondary N) is 1. The van der Waals surface area contributed by atoms with E-state index >= 15 is 0 Å². The lowest BCUT2D eigenvalue weighted by molar-refractivity contribution is -0.113. The van der Waals surface area contributed by atoms with Crippen LogP contribution < -0.4 is 10.1 Å². The lowest BCUT2D eigenvalue weighted by atomic mass is 10.1. The molecule has 0 aliphatic heterocycles. The van der Waals surface area contributed by atoms with Gasteiger partial charge in [-0.15, -0.1) is 0 Å². The summed E-state index contributed by atoms with van der Waals surface area (Å²) in [6.45, 7) is 0. The number of carbonyl (C=O) groups excluding carboxylic acids is 1. The van der Waals surface area contributed by atoms with E-state index in [0.717, 1.165) is 22.2 Å². The standard InChI is InChI=1S/C19H17Cl2N3O2S/c1-24-17(12-3-5-16(26-2)6-4-12)10-22-19(24)27-11-18(25)23-15-8-13(20)7-14(21)9-15/h3-10H,11H2,1-2H3,(H,23,25). The van der Waals surface area contributed by atoms with Crippen molar-refractivity contribution in [3.63, 3.8) is 0 Å². The van der Waals surface area contributed by atoms with E-state index in [1.807, 2.05) is 35.9 Å². The fourth-order valence-corrected chi connectivity index (χ4v) is 3.79. The van der Waals surface area contributed by atoms with Crippen molar-refractivity contribution in [2.45, 2.75) is 5.16 Å². The summed E-state index contributed by atoms with van der Waals surface area (Å²) in [7, 11) is 3.56. The molecule has 1 aromatic heterocycles. The zero-order valence-electron chi connectivity index (χ0n) is 14.7. The predicted molar refractivity (Wildman–Crippen MR) is 111 cm³/mol. The van der Waals surface area contributed by atoms with Crippen LogP contribution in [0.1, 0.15) is 0 Å². The van der Waals surface area contributed by atoms with E-state index < -0.39 is 0 Å². The largest absolute Gasteiger partial charge is 0.497 e. The predicted octanol–water partition coefficient (Wildman–Crippen LogP) is 5.13. The summed E-state index contributed by atoms with van der Waals surface area (Å²) in [5, 5.41) is 4.48. The Morgan fingerprint density at radius 3 is 2.48 bits per heavy atom. The molecule has 0 atom stereocenters. The highest BCUT2D eigenvalue weighted by Gasteiger charge is 2.12. The smallest absolute Gasteiger partial charge is 0.234 e. The Morgan fingerprint density at radius 1 is 1.19 bits per heavy atom. The molecule has 0 spiro atoms. The third kappa shape index (κ3) is 4.97. The molecule has 2 aromatic carbocycles. The van der Waals surface area contributed by atoms with Crippen LogP contribution in [0.15, 0.2) is 53.8 Å². The first kappa shape index (κ1) is 19.6. The molecule has 8 heteroatoms. The molecule has 0 saturated carbocycles. The van der Waals surface area contributed by atoms with Gasteiger partial charge in [-0.2, -0.15) is 0 Å². The van der Waals surface area contributed by atoms with Crippen molar-refractivity contribution in [3.8, 4) is 17.0 Å². The number of anilines is 1. The van der Waals surface area contributed by atoms with Gasteiger partial charge in [0, 0.05) is 28.3 Å². The third-order valence-electron chi connectivity index (χ3n) is 3.81. The van der Waals surface area contributed by atoms with Crippen LogP contribution in [-0.2, 0) is 11.8 Å². The minimum atomic E-state index is -0.160. The van der Waals surface area contributed by atoms with Gasteiger partial charge in [-0.1, -0.05) is 35.0 Å². The number of hydrogen-bond donors (Lipinski definition) is 1. The molecule has 1 heterocycles. The number of thioether (sulfide) groups is 1. The van der Waals surface area contributed by atoms with Gasteiger partial charge >= 0.3 is 0 Å². The number of hydrogen-bond acceptors (Lipinski definition) is 4. The van der Waals surface area contributed by atoms with Crippen LogP contribution in [0.3, 0.4) is 0 Å². The molecule has 1 N–H and O–H groups in total. The lowest BCUT2D eigenvalue weighted by Gasteiger charge is -2.08. The molecule has 0 saturated heterocycles. The Morgan fingerprint density at radius 2 is 1.85 bits per heavy atom. The van der Waals surface area contributed by atoms with Gasteiger partial charge in [-0.05, 0) is 42.5 Å². The van der Waals surface area contributed by atoms with Crippen molar-refractivity contribution >= 4 is 46.6 Å². The Balaban J connectivity index is 1.64. The molecule has 1 amide bonds. The number of rotatable bonds is 6. The van der Waals surface area contributed by atoms with Crippen LogP contribution in [0.5, 0.6) is 5.75 Å². The highest BCUT2D eigenvalue weighted by atomic mass is 35.5. The van der Waals surface area contributed by atoms with E-state index in [0.29, 0.717) is 15.7 Å². The maximum Gasteiger partial charge on any atom is 0.234 e. The number of halogens is 2. The van der Waals surface area contributed by atoms with E-state index in [-0.39, 0.29) is 11.7 Å². The van der Waals surface area contributed by atoms with Crippen LogP contribution in [0, 0.1) is 0 Å². The topological polar surface area (TPSA) is 56.1 Å². The zero-order chi connectivity index (χ0) is 19.4. The van der Waals surface area contributed by atoms with E-state index in [4.69, 9.17) is 27.9 Å². The summed E-state index contributed by atoms with van der Waals surface area (Å²) in [5.41, 5.74) is 2.55. The van der Waals surface area contributed by atoms with Gasteiger partial charge in [0.2, 0.25) is 5.91 Å². The monoisotopic (exact) mass is 421 g/mol. The second-order valence-corrected chi connectivity index (χ2v) is 7.52. The molecule has 0 unspecified atom stereocenters. The molecule has 0 radical (unpaired) electrons. The summed E-state index contributed by atoms with van der Waals surface area (Å²) in [5.74, 6) is 0.859. The quantitative estimate of drug-likeness (QED) is 0.560. The van der Waals surface area contributed by atoms with Crippen molar-refractivity contribution in [2.75, 3.05) is 18.2 Å². The maximum atomic E-state index is 12.2. The van der Waals surface area contributed by atoms with Gasteiger partial charge in [0.05, 0.1) is 24.8 Å². The number of carbonyl (C=O) groups is 1. The number of nitrogens with zero attached hydrogens (tertiary/aromatic N) is 2. The molecule has 5 nitrogen and oxygen atoms in total. The number of benzene rings is 2. The van der Waals surface area contributed by atoms with Crippen molar-refractivity contribution < 1.29 is 9.53 Å². The third-order valence-corrected chi connectivity index (χ3v) is 5.29. The molecule has 3 aromatic rings. The van der Waals surface area contributed by atoms with Crippen molar-refractivity contribution in [2.24, 2.45) is 7.05 Å². The SMILES string of the molecule is COc1ccc(-c2cnc(SCC(=O)Nc3cc(Cl)cc(Cl)c3)n2C)cc1. The average molecular weight is 422 g/mol. The van der Waals surface area contributed by atoms with Gasteiger partial charge in [0.1, 0.15) is 5.75 Å². The van der Waals surface area contributed by atoms with Gasteiger partial charge in [-0.3, -0.25) is 4.79 Å². The fourth-order valence-electron chi connectivity index (χ4n) is 2.51. The van der Waals surface area contributed by atoms with E-state index in [9.17, 15) is 4.79 Å². The van der Waals surface area contributed by atoms with Crippen LogP contribution in [0.4, 0.5) is 5.69 Å². The molecule has 140 valence electrons. The van der Waals surface area contributed by atoms with Crippen molar-refractivity contribution in [3.05, 3.63) is 58.7 Å². The average Bonchev–Trinajstić information content (AvgIpc) is 3.00. The van der Waals surface area contributed by atoms with Crippen LogP contribution >= 0.6 is 35.0 Å². The number of imidazole rings is 1. The normalized spacial score (nSPS) is 10.7. The van der Waals surface area contributed by atoms with Crippen molar-refractivity contribution in [1.82, 2.24) is 9.55 Å². The summed E-state index contributed by atoms with van der Waals surface area (Å²) < 4.78 is 7.14. The first-order chi connectivity index (χ1) is 13.0. The highest BCUT2D eigenvalue weighted by Crippen LogP contribution is 2.27. The molecule has 27 heavy (non-hydrogen) atoms. The maximum absolute atomic E-state index is 12.2. The van der Waals surface area contributed by atoms with E-state index in [1.54, 1.807) is 31.5 Å². The van der Waals surface area contributed by atoms with Crippen molar-refractivity contribution in [1.29, 1.82) is 0 Å². The Labute approximate surface area is 171 Å². The van der Waals surface area contributed by atoms with Gasteiger partial charge < -0.3 is 14.6 Å². The van der Waals surface area contributed by atoms with Crippen LogP contribution in [0.2, 0.25) is 10.0 Å². The minimum Gasteiger partial charge on any atom is -0.497 e. The molecular formula is C19H17Cl2N3O2S. The van der Waals surface area contributed by atoms with Crippen LogP contribution in [0.25, 0.3) is 11.3 Å². The number of amides is 1. The van der Waals surface area contributed by atoms with E-state index in [2.05, 4.69) is 10.3 Å². The first-order valence-corrected chi connectivity index (χ1v) is 9.75. The molecule has 0 fully saturated rings. The summed E-state index contributed by atoms with van der Waals surface area (Å²) in [6, 6.07) is 12.7. The van der Waals surface area contributed by atoms with Crippen LogP contribution in [-0.4, -0.2) is 28.3 Å². The number of methoxy groups -OCH3 is 1. The first-order valence-electron chi connectivity index (χ1n) is 8.01. The molecule has 0 bridgehead atoms. The molecule has 0 aliphatic rings. The Bertz CT molecular complexity index is 938. The highest BCUT2D eigenvalue weighted by molar-refractivity contribution is 7.99. The summed E-state index contributed by atoms with van der Waals surface area (Å²) in [6.07, 6.45) is 1.79. The van der Waals surface area contributed by atoms with Gasteiger partial charge in [0.25, 0.3) is 0 Å². The Kier molecular flexibility index (Phi) is 6.31. The summed E-state index contributed by atoms with van der Waals surface area (Å²) in [4.78, 5) is 16.6. The Hall–Kier alpha value is -2.15.